The Morgan fingerprint density at radius 3 is 3.11 bits per heavy atom. The van der Waals surface area contributed by atoms with Gasteiger partial charge in [-0.2, -0.15) is 5.10 Å². The van der Waals surface area contributed by atoms with Gasteiger partial charge in [0.15, 0.2) is 0 Å². The van der Waals surface area contributed by atoms with Crippen LogP contribution in [-0.2, 0) is 6.61 Å². The molecule has 0 saturated carbocycles. The molecule has 2 N–H and O–H groups in total. The molecule has 2 heterocycles. The Hall–Kier alpha value is -1.88. The van der Waals surface area contributed by atoms with Gasteiger partial charge in [0.25, 0.3) is 0 Å². The van der Waals surface area contributed by atoms with Gasteiger partial charge in [0, 0.05) is 18.5 Å². The summed E-state index contributed by atoms with van der Waals surface area (Å²) in [5, 5.41) is 10.6. The summed E-state index contributed by atoms with van der Waals surface area (Å²) in [5.41, 5.74) is 1.98. The van der Waals surface area contributed by atoms with E-state index in [4.69, 9.17) is 4.74 Å². The predicted molar refractivity (Wildman–Crippen MR) is 69.5 cm³/mol. The Morgan fingerprint density at radius 2 is 2.32 bits per heavy atom. The van der Waals surface area contributed by atoms with E-state index in [2.05, 4.69) is 15.5 Å². The van der Waals surface area contributed by atoms with E-state index in [1.54, 1.807) is 12.1 Å². The SMILES string of the molecule is Fc1cccc(OCc2cc([C@H]3CCNC3)n[nH]2)c1. The van der Waals surface area contributed by atoms with Crippen LogP contribution in [0.2, 0.25) is 0 Å². The molecule has 0 unspecified atom stereocenters. The van der Waals surface area contributed by atoms with Crippen molar-refractivity contribution in [3.05, 3.63) is 47.5 Å². The number of rotatable bonds is 4. The maximum Gasteiger partial charge on any atom is 0.130 e. The summed E-state index contributed by atoms with van der Waals surface area (Å²) >= 11 is 0. The first-order valence-electron chi connectivity index (χ1n) is 6.44. The maximum absolute atomic E-state index is 13.0. The van der Waals surface area contributed by atoms with Crippen LogP contribution in [-0.4, -0.2) is 23.3 Å². The fourth-order valence-electron chi connectivity index (χ4n) is 2.29. The molecule has 1 aromatic heterocycles. The highest BCUT2D eigenvalue weighted by molar-refractivity contribution is 5.23. The third-order valence-corrected chi connectivity index (χ3v) is 3.32. The number of aromatic amines is 1. The molecule has 3 rings (SSSR count). The molecule has 0 radical (unpaired) electrons. The number of nitrogens with zero attached hydrogens (tertiary/aromatic N) is 1. The largest absolute Gasteiger partial charge is 0.487 e. The maximum atomic E-state index is 13.0. The highest BCUT2D eigenvalue weighted by atomic mass is 19.1. The quantitative estimate of drug-likeness (QED) is 0.887. The van der Waals surface area contributed by atoms with Crippen LogP contribution in [0.3, 0.4) is 0 Å². The third-order valence-electron chi connectivity index (χ3n) is 3.32. The monoisotopic (exact) mass is 261 g/mol. The number of benzene rings is 1. The standard InChI is InChI=1S/C14H16FN3O/c15-11-2-1-3-13(6-11)19-9-12-7-14(18-17-12)10-4-5-16-8-10/h1-3,6-7,10,16H,4-5,8-9H2,(H,17,18)/t10-/m0/s1. The van der Waals surface area contributed by atoms with Crippen molar-refractivity contribution in [1.29, 1.82) is 0 Å². The van der Waals surface area contributed by atoms with Crippen molar-refractivity contribution < 1.29 is 9.13 Å². The normalized spacial score (nSPS) is 18.7. The van der Waals surface area contributed by atoms with Crippen molar-refractivity contribution in [3.63, 3.8) is 0 Å². The van der Waals surface area contributed by atoms with Crippen molar-refractivity contribution in [3.8, 4) is 5.75 Å². The first kappa shape index (κ1) is 12.2. The minimum atomic E-state index is -0.292. The summed E-state index contributed by atoms with van der Waals surface area (Å²) in [6.45, 7) is 2.40. The van der Waals surface area contributed by atoms with E-state index in [1.165, 1.54) is 12.1 Å². The second-order valence-corrected chi connectivity index (χ2v) is 4.75. The summed E-state index contributed by atoms with van der Waals surface area (Å²) in [6.07, 6.45) is 1.12. The molecule has 0 bridgehead atoms. The van der Waals surface area contributed by atoms with E-state index in [9.17, 15) is 4.39 Å². The molecule has 19 heavy (non-hydrogen) atoms. The Bertz CT molecular complexity index is 549. The minimum Gasteiger partial charge on any atom is -0.487 e. The lowest BCUT2D eigenvalue weighted by atomic mass is 10.1. The zero-order chi connectivity index (χ0) is 13.1. The average Bonchev–Trinajstić information content (AvgIpc) is 3.07. The van der Waals surface area contributed by atoms with Crippen molar-refractivity contribution >= 4 is 0 Å². The van der Waals surface area contributed by atoms with E-state index in [0.717, 1.165) is 30.9 Å². The van der Waals surface area contributed by atoms with Gasteiger partial charge in [-0.1, -0.05) is 6.07 Å². The van der Waals surface area contributed by atoms with E-state index in [1.807, 2.05) is 6.07 Å². The van der Waals surface area contributed by atoms with Crippen molar-refractivity contribution in [2.45, 2.75) is 18.9 Å². The number of nitrogens with one attached hydrogen (secondary N) is 2. The molecular formula is C14H16FN3O. The molecule has 5 heteroatoms. The highest BCUT2D eigenvalue weighted by Crippen LogP contribution is 2.21. The number of aromatic nitrogens is 2. The molecular weight excluding hydrogens is 245 g/mol. The summed E-state index contributed by atoms with van der Waals surface area (Å²) in [5.74, 6) is 0.720. The van der Waals surface area contributed by atoms with Gasteiger partial charge in [0.2, 0.25) is 0 Å². The second-order valence-electron chi connectivity index (χ2n) is 4.75. The zero-order valence-corrected chi connectivity index (χ0v) is 10.5. The lowest BCUT2D eigenvalue weighted by Gasteiger charge is -2.04. The van der Waals surface area contributed by atoms with Crippen LogP contribution in [0.15, 0.2) is 30.3 Å². The van der Waals surface area contributed by atoms with Gasteiger partial charge in [-0.3, -0.25) is 5.10 Å². The van der Waals surface area contributed by atoms with Gasteiger partial charge in [-0.05, 0) is 31.2 Å². The van der Waals surface area contributed by atoms with Gasteiger partial charge >= 0.3 is 0 Å². The molecule has 100 valence electrons. The Balaban J connectivity index is 1.61. The van der Waals surface area contributed by atoms with Gasteiger partial charge < -0.3 is 10.1 Å². The molecule has 1 saturated heterocycles. The summed E-state index contributed by atoms with van der Waals surface area (Å²) < 4.78 is 18.5. The summed E-state index contributed by atoms with van der Waals surface area (Å²) in [4.78, 5) is 0. The molecule has 4 nitrogen and oxygen atoms in total. The Morgan fingerprint density at radius 1 is 1.37 bits per heavy atom. The number of hydrogen-bond acceptors (Lipinski definition) is 3. The van der Waals surface area contributed by atoms with Crippen LogP contribution in [0, 0.1) is 5.82 Å². The van der Waals surface area contributed by atoms with E-state index < -0.39 is 0 Å². The zero-order valence-electron chi connectivity index (χ0n) is 10.5. The second kappa shape index (κ2) is 5.40. The topological polar surface area (TPSA) is 49.9 Å². The first-order valence-corrected chi connectivity index (χ1v) is 6.44. The molecule has 1 aliphatic rings. The van der Waals surface area contributed by atoms with Crippen LogP contribution >= 0.6 is 0 Å². The Kier molecular flexibility index (Phi) is 3.46. The molecule has 1 atom stereocenters. The van der Waals surface area contributed by atoms with Gasteiger partial charge in [-0.15, -0.1) is 0 Å². The number of H-pyrrole nitrogens is 1. The van der Waals surface area contributed by atoms with E-state index in [-0.39, 0.29) is 5.82 Å². The summed E-state index contributed by atoms with van der Waals surface area (Å²) in [6, 6.07) is 8.16. The molecule has 1 aromatic carbocycles. The third kappa shape index (κ3) is 2.93. The number of ether oxygens (including phenoxy) is 1. The van der Waals surface area contributed by atoms with Crippen LogP contribution in [0.1, 0.15) is 23.7 Å². The van der Waals surface area contributed by atoms with Gasteiger partial charge in [0.05, 0.1) is 11.4 Å². The molecule has 1 fully saturated rings. The van der Waals surface area contributed by atoms with Crippen molar-refractivity contribution in [2.24, 2.45) is 0 Å². The molecule has 1 aliphatic heterocycles. The first-order chi connectivity index (χ1) is 9.31. The minimum absolute atomic E-state index is 0.292. The van der Waals surface area contributed by atoms with Crippen LogP contribution < -0.4 is 10.1 Å². The van der Waals surface area contributed by atoms with E-state index in [0.29, 0.717) is 18.3 Å². The number of hydrogen-bond donors (Lipinski definition) is 2. The number of halogens is 1. The van der Waals surface area contributed by atoms with Gasteiger partial charge in [-0.25, -0.2) is 4.39 Å². The molecule has 0 amide bonds. The lowest BCUT2D eigenvalue weighted by molar-refractivity contribution is 0.299. The van der Waals surface area contributed by atoms with E-state index >= 15 is 0 Å². The molecule has 2 aromatic rings. The fraction of sp³-hybridized carbons (Fsp3) is 0.357. The average molecular weight is 261 g/mol. The summed E-state index contributed by atoms with van der Waals surface area (Å²) in [7, 11) is 0. The van der Waals surface area contributed by atoms with Crippen LogP contribution in [0.5, 0.6) is 5.75 Å². The Labute approximate surface area is 111 Å². The predicted octanol–water partition coefficient (Wildman–Crippen LogP) is 2.20. The fourth-order valence-corrected chi connectivity index (χ4v) is 2.29. The van der Waals surface area contributed by atoms with Crippen LogP contribution in [0.4, 0.5) is 4.39 Å². The van der Waals surface area contributed by atoms with Crippen molar-refractivity contribution in [2.75, 3.05) is 13.1 Å². The van der Waals surface area contributed by atoms with Gasteiger partial charge in [0.1, 0.15) is 18.2 Å². The van der Waals surface area contributed by atoms with Crippen molar-refractivity contribution in [1.82, 2.24) is 15.5 Å². The molecule has 0 aliphatic carbocycles. The highest BCUT2D eigenvalue weighted by Gasteiger charge is 2.19. The smallest absolute Gasteiger partial charge is 0.130 e. The van der Waals surface area contributed by atoms with Crippen LogP contribution in [0.25, 0.3) is 0 Å². The molecule has 0 spiro atoms. The lowest BCUT2D eigenvalue weighted by Crippen LogP contribution is -2.08.